The molecule has 1 N–H and O–H groups in total. The summed E-state index contributed by atoms with van der Waals surface area (Å²) in [4.78, 5) is 35.3. The number of likely N-dealkylation sites (tertiary alicyclic amines) is 2. The summed E-state index contributed by atoms with van der Waals surface area (Å²) in [6, 6.07) is 4.20. The number of halogens is 1. The molecule has 1 amide bonds. The highest BCUT2D eigenvalue weighted by molar-refractivity contribution is 6.32. The Morgan fingerprint density at radius 3 is 2.51 bits per heavy atom. The first-order valence-electron chi connectivity index (χ1n) is 15.9. The summed E-state index contributed by atoms with van der Waals surface area (Å²) in [5.41, 5.74) is 4.41. The average molecular weight is 607 g/mol. The minimum absolute atomic E-state index is 0.0506. The second kappa shape index (κ2) is 12.9. The standard InChI is InChI=1S/C34H47ClN6O2/c1-22(2)41-31(13-12-28-25-18-26(34(4,5)6)27(35)19-29(25)38-37-28)36-23(3)33(41)30(42)17-24-20-40(21-24)32(43)11-10-16-39-14-8-7-9-15-39/h10-11,18-19,22,24H,7-9,12-17,20-21H2,1-6H3,(H,37,38)/b11-10+. The summed E-state index contributed by atoms with van der Waals surface area (Å²) < 4.78 is 2.11. The highest BCUT2D eigenvalue weighted by Crippen LogP contribution is 2.34. The number of aromatic amines is 1. The number of H-pyrrole nitrogens is 1. The summed E-state index contributed by atoms with van der Waals surface area (Å²) >= 11 is 6.57. The van der Waals surface area contributed by atoms with Crippen LogP contribution in [0.4, 0.5) is 0 Å². The van der Waals surface area contributed by atoms with Gasteiger partial charge in [-0.05, 0) is 76.2 Å². The second-order valence-corrected chi connectivity index (χ2v) is 14.1. The largest absolute Gasteiger partial charge is 0.338 e. The number of piperidine rings is 1. The number of imidazole rings is 1. The number of carbonyl (C=O) groups is 2. The third-order valence-electron chi connectivity index (χ3n) is 8.88. The highest BCUT2D eigenvalue weighted by Gasteiger charge is 2.33. The molecule has 0 spiro atoms. The summed E-state index contributed by atoms with van der Waals surface area (Å²) in [7, 11) is 0. The molecule has 2 fully saturated rings. The first kappa shape index (κ1) is 31.5. The van der Waals surface area contributed by atoms with Crippen molar-refractivity contribution in [3.8, 4) is 0 Å². The molecule has 4 heterocycles. The number of nitrogens with one attached hydrogen (secondary N) is 1. The zero-order valence-corrected chi connectivity index (χ0v) is 27.4. The van der Waals surface area contributed by atoms with Gasteiger partial charge >= 0.3 is 0 Å². The molecular weight excluding hydrogens is 560 g/mol. The van der Waals surface area contributed by atoms with Gasteiger partial charge < -0.3 is 9.47 Å². The molecular formula is C34H47ClN6O2. The minimum Gasteiger partial charge on any atom is -0.338 e. The number of hydrogen-bond acceptors (Lipinski definition) is 5. The zero-order chi connectivity index (χ0) is 30.9. The van der Waals surface area contributed by atoms with E-state index in [1.165, 1.54) is 19.3 Å². The lowest BCUT2D eigenvalue weighted by Crippen LogP contribution is -2.50. The van der Waals surface area contributed by atoms with Gasteiger partial charge in [0.05, 0.1) is 11.2 Å². The van der Waals surface area contributed by atoms with E-state index in [1.54, 1.807) is 6.08 Å². The van der Waals surface area contributed by atoms with Crippen molar-refractivity contribution in [3.63, 3.8) is 0 Å². The van der Waals surface area contributed by atoms with Crippen molar-refractivity contribution in [2.24, 2.45) is 5.92 Å². The molecule has 8 nitrogen and oxygen atoms in total. The molecule has 1 aromatic carbocycles. The molecule has 0 aliphatic carbocycles. The first-order valence-corrected chi connectivity index (χ1v) is 16.3. The van der Waals surface area contributed by atoms with Gasteiger partial charge in [0.25, 0.3) is 0 Å². The number of aryl methyl sites for hydroxylation is 3. The number of nitrogens with zero attached hydrogens (tertiary/aromatic N) is 5. The molecule has 5 rings (SSSR count). The van der Waals surface area contributed by atoms with Crippen LogP contribution in [0, 0.1) is 12.8 Å². The fourth-order valence-electron chi connectivity index (χ4n) is 6.55. The summed E-state index contributed by atoms with van der Waals surface area (Å²) in [5.74, 6) is 1.26. The van der Waals surface area contributed by atoms with E-state index in [0.717, 1.165) is 64.8 Å². The summed E-state index contributed by atoms with van der Waals surface area (Å²) in [6.07, 6.45) is 9.34. The molecule has 43 heavy (non-hydrogen) atoms. The molecule has 2 aliphatic rings. The van der Waals surface area contributed by atoms with Crippen LogP contribution < -0.4 is 0 Å². The monoisotopic (exact) mass is 606 g/mol. The number of rotatable bonds is 10. The predicted molar refractivity (Wildman–Crippen MR) is 173 cm³/mol. The van der Waals surface area contributed by atoms with Crippen molar-refractivity contribution in [1.82, 2.24) is 29.5 Å². The fourth-order valence-corrected chi connectivity index (χ4v) is 6.99. The number of amides is 1. The number of Topliss-reactive ketones (excluding diaryl/α,β-unsaturated/α-hetero) is 1. The molecule has 0 radical (unpaired) electrons. The van der Waals surface area contributed by atoms with Gasteiger partial charge in [-0.25, -0.2) is 4.98 Å². The van der Waals surface area contributed by atoms with E-state index in [0.29, 0.717) is 31.6 Å². The number of benzene rings is 1. The second-order valence-electron chi connectivity index (χ2n) is 13.7. The summed E-state index contributed by atoms with van der Waals surface area (Å²) in [6.45, 7) is 17.0. The van der Waals surface area contributed by atoms with E-state index in [2.05, 4.69) is 60.3 Å². The molecule has 2 aromatic heterocycles. The van der Waals surface area contributed by atoms with Crippen LogP contribution in [0.5, 0.6) is 0 Å². The van der Waals surface area contributed by atoms with Gasteiger partial charge in [-0.3, -0.25) is 19.6 Å². The maximum Gasteiger partial charge on any atom is 0.246 e. The first-order chi connectivity index (χ1) is 20.4. The lowest BCUT2D eigenvalue weighted by Gasteiger charge is -2.38. The number of aromatic nitrogens is 4. The van der Waals surface area contributed by atoms with E-state index in [4.69, 9.17) is 16.6 Å². The molecule has 0 atom stereocenters. The van der Waals surface area contributed by atoms with Gasteiger partial charge in [-0.1, -0.05) is 44.9 Å². The quantitative estimate of drug-likeness (QED) is 0.211. The topological polar surface area (TPSA) is 87.1 Å². The van der Waals surface area contributed by atoms with Crippen LogP contribution in [-0.2, 0) is 23.1 Å². The lowest BCUT2D eigenvalue weighted by atomic mass is 9.86. The van der Waals surface area contributed by atoms with Gasteiger partial charge in [-0.2, -0.15) is 5.10 Å². The normalized spacial score (nSPS) is 17.0. The van der Waals surface area contributed by atoms with Crippen molar-refractivity contribution in [3.05, 3.63) is 57.8 Å². The Balaban J connectivity index is 1.21. The van der Waals surface area contributed by atoms with Crippen LogP contribution in [-0.4, -0.2) is 74.0 Å². The van der Waals surface area contributed by atoms with Crippen LogP contribution in [0.25, 0.3) is 10.9 Å². The molecule has 9 heteroatoms. The fraction of sp³-hybridized carbons (Fsp3) is 0.588. The summed E-state index contributed by atoms with van der Waals surface area (Å²) in [5, 5.41) is 9.53. The minimum atomic E-state index is -0.0750. The van der Waals surface area contributed by atoms with E-state index < -0.39 is 0 Å². The van der Waals surface area contributed by atoms with E-state index in [1.807, 2.05) is 24.0 Å². The van der Waals surface area contributed by atoms with Gasteiger partial charge in [0.1, 0.15) is 11.5 Å². The maximum atomic E-state index is 13.6. The highest BCUT2D eigenvalue weighted by atomic mass is 35.5. The van der Waals surface area contributed by atoms with E-state index >= 15 is 0 Å². The predicted octanol–water partition coefficient (Wildman–Crippen LogP) is 6.46. The number of carbonyl (C=O) groups excluding carboxylic acids is 2. The molecule has 0 unspecified atom stereocenters. The van der Waals surface area contributed by atoms with Gasteiger partial charge in [-0.15, -0.1) is 0 Å². The Kier molecular flexibility index (Phi) is 9.47. The van der Waals surface area contributed by atoms with E-state index in [9.17, 15) is 9.59 Å². The maximum absolute atomic E-state index is 13.6. The molecule has 232 valence electrons. The molecule has 3 aromatic rings. The van der Waals surface area contributed by atoms with Crippen LogP contribution >= 0.6 is 11.6 Å². The zero-order valence-electron chi connectivity index (χ0n) is 26.7. The Labute approximate surface area is 260 Å². The Morgan fingerprint density at radius 1 is 1.12 bits per heavy atom. The van der Waals surface area contributed by atoms with Crippen LogP contribution in [0.1, 0.15) is 99.6 Å². The van der Waals surface area contributed by atoms with Crippen LogP contribution in [0.2, 0.25) is 5.02 Å². The SMILES string of the molecule is Cc1nc(CCc2[nH]nc3cc(Cl)c(C(C)(C)C)cc23)n(C(C)C)c1C(=O)CC1CN(C(=O)/C=C/CN2CCCCC2)C1. The lowest BCUT2D eigenvalue weighted by molar-refractivity contribution is -0.132. The smallest absolute Gasteiger partial charge is 0.246 e. The number of hydrogen-bond donors (Lipinski definition) is 1. The van der Waals surface area contributed by atoms with Gasteiger partial charge in [0, 0.05) is 66.6 Å². The van der Waals surface area contributed by atoms with Crippen LogP contribution in [0.15, 0.2) is 24.3 Å². The van der Waals surface area contributed by atoms with Gasteiger partial charge in [0.15, 0.2) is 5.78 Å². The number of ketones is 1. The van der Waals surface area contributed by atoms with E-state index in [-0.39, 0.29) is 29.1 Å². The molecule has 2 aliphatic heterocycles. The van der Waals surface area contributed by atoms with Gasteiger partial charge in [0.2, 0.25) is 5.91 Å². The molecule has 0 saturated carbocycles. The Morgan fingerprint density at radius 2 is 1.84 bits per heavy atom. The average Bonchev–Trinajstić information content (AvgIpc) is 3.48. The van der Waals surface area contributed by atoms with Crippen molar-refractivity contribution >= 4 is 34.2 Å². The van der Waals surface area contributed by atoms with Crippen molar-refractivity contribution in [1.29, 1.82) is 0 Å². The Hall–Kier alpha value is -2.97. The third-order valence-corrected chi connectivity index (χ3v) is 9.20. The molecule has 0 bridgehead atoms. The molecule has 2 saturated heterocycles. The Bertz CT molecular complexity index is 1500. The van der Waals surface area contributed by atoms with Crippen molar-refractivity contribution in [2.45, 2.75) is 91.5 Å². The van der Waals surface area contributed by atoms with Crippen LogP contribution in [0.3, 0.4) is 0 Å². The number of fused-ring (bicyclic) bond motifs is 1. The van der Waals surface area contributed by atoms with Crippen molar-refractivity contribution < 1.29 is 9.59 Å². The third kappa shape index (κ3) is 7.07. The van der Waals surface area contributed by atoms with Crippen molar-refractivity contribution in [2.75, 3.05) is 32.7 Å².